The minimum absolute atomic E-state index is 0.0532. The van der Waals surface area contributed by atoms with Crippen molar-refractivity contribution < 1.29 is 27.2 Å². The number of nitrogens with one attached hydrogen (secondary N) is 2. The van der Waals surface area contributed by atoms with Crippen LogP contribution in [0.3, 0.4) is 0 Å². The van der Waals surface area contributed by atoms with Gasteiger partial charge in [0.1, 0.15) is 11.8 Å². The van der Waals surface area contributed by atoms with Crippen molar-refractivity contribution in [3.8, 4) is 0 Å². The highest BCUT2D eigenvalue weighted by molar-refractivity contribution is 6.39. The fraction of sp³-hybridized carbons (Fsp3) is 0.167. The molecule has 2 amide bonds. The molecule has 28 heavy (non-hydrogen) atoms. The number of benzene rings is 1. The number of hydrogen-bond donors (Lipinski definition) is 2. The summed E-state index contributed by atoms with van der Waals surface area (Å²) >= 11 is 0. The molecule has 0 fully saturated rings. The van der Waals surface area contributed by atoms with E-state index in [1.807, 2.05) is 5.32 Å². The molecule has 7 nitrogen and oxygen atoms in total. The van der Waals surface area contributed by atoms with E-state index in [9.17, 15) is 22.8 Å². The standard InChI is InChI=1S/C18H15F3N4O3/c19-18(20,21)12-5-1-2-6-13(12)24-17(27)16(26)22-11-14(15-7-3-10-28-15)25-9-4-8-23-25/h1-10,14H,11H2,(H,22,26)(H,24,27)/t14-/m1/s1. The van der Waals surface area contributed by atoms with Crippen LogP contribution >= 0.6 is 0 Å². The molecule has 0 aliphatic rings. The maximum Gasteiger partial charge on any atom is 0.418 e. The van der Waals surface area contributed by atoms with Gasteiger partial charge in [-0.2, -0.15) is 18.3 Å². The molecule has 10 heteroatoms. The Morgan fingerprint density at radius 1 is 1.11 bits per heavy atom. The second kappa shape index (κ2) is 7.99. The van der Waals surface area contributed by atoms with Crippen LogP contribution in [0.5, 0.6) is 0 Å². The molecule has 2 heterocycles. The van der Waals surface area contributed by atoms with Crippen LogP contribution in [0.25, 0.3) is 0 Å². The number of carbonyl (C=O) groups is 2. The number of rotatable bonds is 5. The van der Waals surface area contributed by atoms with Crippen molar-refractivity contribution in [3.05, 3.63) is 72.4 Å². The molecule has 0 aliphatic carbocycles. The number of hydrogen-bond acceptors (Lipinski definition) is 4. The van der Waals surface area contributed by atoms with Crippen LogP contribution in [0.4, 0.5) is 18.9 Å². The highest BCUT2D eigenvalue weighted by Gasteiger charge is 2.34. The van der Waals surface area contributed by atoms with Gasteiger partial charge in [0.15, 0.2) is 0 Å². The minimum atomic E-state index is -4.66. The third kappa shape index (κ3) is 4.40. The van der Waals surface area contributed by atoms with Crippen LogP contribution < -0.4 is 10.6 Å². The van der Waals surface area contributed by atoms with Crippen molar-refractivity contribution in [1.29, 1.82) is 0 Å². The maximum absolute atomic E-state index is 13.0. The van der Waals surface area contributed by atoms with Gasteiger partial charge in [-0.25, -0.2) is 0 Å². The molecule has 1 atom stereocenters. The van der Waals surface area contributed by atoms with E-state index in [4.69, 9.17) is 4.42 Å². The Labute approximate surface area is 157 Å². The first-order chi connectivity index (χ1) is 13.4. The van der Waals surface area contributed by atoms with E-state index in [0.29, 0.717) is 5.76 Å². The van der Waals surface area contributed by atoms with Gasteiger partial charge < -0.3 is 15.1 Å². The summed E-state index contributed by atoms with van der Waals surface area (Å²) in [4.78, 5) is 24.1. The molecule has 2 N–H and O–H groups in total. The molecule has 0 saturated heterocycles. The van der Waals surface area contributed by atoms with Crippen molar-refractivity contribution in [2.75, 3.05) is 11.9 Å². The zero-order valence-corrected chi connectivity index (χ0v) is 14.3. The van der Waals surface area contributed by atoms with Gasteiger partial charge >= 0.3 is 18.0 Å². The third-order valence-corrected chi connectivity index (χ3v) is 3.86. The Morgan fingerprint density at radius 2 is 1.89 bits per heavy atom. The Hall–Kier alpha value is -3.56. The van der Waals surface area contributed by atoms with Crippen LogP contribution in [0.15, 0.2) is 65.5 Å². The van der Waals surface area contributed by atoms with Crippen LogP contribution in [-0.2, 0) is 15.8 Å². The molecule has 1 aromatic carbocycles. The lowest BCUT2D eigenvalue weighted by molar-refractivity contribution is -0.138. The van der Waals surface area contributed by atoms with E-state index >= 15 is 0 Å². The molecule has 0 saturated carbocycles. The number of aromatic nitrogens is 2. The van der Waals surface area contributed by atoms with Crippen molar-refractivity contribution in [1.82, 2.24) is 15.1 Å². The Bertz CT molecular complexity index is 903. The van der Waals surface area contributed by atoms with Crippen LogP contribution in [0.2, 0.25) is 0 Å². The second-order valence-corrected chi connectivity index (χ2v) is 5.72. The van der Waals surface area contributed by atoms with Crippen molar-refractivity contribution in [2.24, 2.45) is 0 Å². The SMILES string of the molecule is O=C(NC[C@H](c1ccco1)n1cccn1)C(=O)Nc1ccccc1C(F)(F)F. The lowest BCUT2D eigenvalue weighted by Crippen LogP contribution is -2.39. The minimum Gasteiger partial charge on any atom is -0.467 e. The van der Waals surface area contributed by atoms with Crippen molar-refractivity contribution in [2.45, 2.75) is 12.2 Å². The van der Waals surface area contributed by atoms with Crippen LogP contribution in [-0.4, -0.2) is 28.1 Å². The molecular formula is C18H15F3N4O3. The first-order valence-corrected chi connectivity index (χ1v) is 8.14. The topological polar surface area (TPSA) is 89.2 Å². The van der Waals surface area contributed by atoms with Gasteiger partial charge in [0.25, 0.3) is 0 Å². The summed E-state index contributed by atoms with van der Waals surface area (Å²) in [6.07, 6.45) is -0.0171. The smallest absolute Gasteiger partial charge is 0.418 e. The summed E-state index contributed by atoms with van der Waals surface area (Å²) in [5.74, 6) is -1.80. The van der Waals surface area contributed by atoms with Gasteiger partial charge in [0.2, 0.25) is 0 Å². The third-order valence-electron chi connectivity index (χ3n) is 3.86. The first kappa shape index (κ1) is 19.2. The molecule has 3 rings (SSSR count). The molecule has 0 bridgehead atoms. The summed E-state index contributed by atoms with van der Waals surface area (Å²) in [6.45, 7) is -0.0532. The first-order valence-electron chi connectivity index (χ1n) is 8.14. The Morgan fingerprint density at radius 3 is 2.54 bits per heavy atom. The number of amides is 2. The molecule has 0 unspecified atom stereocenters. The number of para-hydroxylation sites is 1. The van der Waals surface area contributed by atoms with E-state index in [1.165, 1.54) is 23.1 Å². The number of alkyl halides is 3. The lowest BCUT2D eigenvalue weighted by Gasteiger charge is -2.16. The van der Waals surface area contributed by atoms with Crippen LogP contribution in [0, 0.1) is 0 Å². The quantitative estimate of drug-likeness (QED) is 0.654. The normalized spacial score (nSPS) is 12.4. The molecule has 0 spiro atoms. The highest BCUT2D eigenvalue weighted by Crippen LogP contribution is 2.34. The van der Waals surface area contributed by atoms with Gasteiger partial charge in [-0.3, -0.25) is 14.3 Å². The Kier molecular flexibility index (Phi) is 5.48. The number of halogens is 3. The van der Waals surface area contributed by atoms with Crippen LogP contribution in [0.1, 0.15) is 17.4 Å². The summed E-state index contributed by atoms with van der Waals surface area (Å²) in [5.41, 5.74) is -1.54. The van der Waals surface area contributed by atoms with E-state index in [-0.39, 0.29) is 6.54 Å². The van der Waals surface area contributed by atoms with Gasteiger partial charge in [-0.05, 0) is 30.3 Å². The molecule has 0 radical (unpaired) electrons. The summed E-state index contributed by atoms with van der Waals surface area (Å²) in [6, 6.07) is 8.90. The van der Waals surface area contributed by atoms with Gasteiger partial charge in [0.05, 0.1) is 17.5 Å². The monoisotopic (exact) mass is 392 g/mol. The van der Waals surface area contributed by atoms with Crippen molar-refractivity contribution >= 4 is 17.5 Å². The van der Waals surface area contributed by atoms with E-state index in [1.54, 1.807) is 30.6 Å². The largest absolute Gasteiger partial charge is 0.467 e. The summed E-state index contributed by atoms with van der Waals surface area (Å²) < 4.78 is 45.8. The molecule has 146 valence electrons. The summed E-state index contributed by atoms with van der Waals surface area (Å²) in [7, 11) is 0. The zero-order valence-electron chi connectivity index (χ0n) is 14.3. The molecule has 0 aliphatic heterocycles. The van der Waals surface area contributed by atoms with Gasteiger partial charge in [0, 0.05) is 18.9 Å². The number of anilines is 1. The van der Waals surface area contributed by atoms with E-state index in [0.717, 1.165) is 12.1 Å². The average Bonchev–Trinajstić information content (AvgIpc) is 3.36. The van der Waals surface area contributed by atoms with Gasteiger partial charge in [-0.1, -0.05) is 12.1 Å². The predicted octanol–water partition coefficient (Wildman–Crippen LogP) is 2.84. The molecule has 3 aromatic rings. The Balaban J connectivity index is 1.67. The highest BCUT2D eigenvalue weighted by atomic mass is 19.4. The number of furan rings is 1. The van der Waals surface area contributed by atoms with Crippen molar-refractivity contribution in [3.63, 3.8) is 0 Å². The fourth-order valence-corrected chi connectivity index (χ4v) is 2.56. The van der Waals surface area contributed by atoms with E-state index in [2.05, 4.69) is 10.4 Å². The average molecular weight is 392 g/mol. The number of carbonyl (C=O) groups excluding carboxylic acids is 2. The van der Waals surface area contributed by atoms with Gasteiger partial charge in [-0.15, -0.1) is 0 Å². The second-order valence-electron chi connectivity index (χ2n) is 5.72. The maximum atomic E-state index is 13.0. The molecule has 2 aromatic heterocycles. The zero-order chi connectivity index (χ0) is 20.1. The molecular weight excluding hydrogens is 377 g/mol. The lowest BCUT2D eigenvalue weighted by atomic mass is 10.1. The predicted molar refractivity (Wildman–Crippen MR) is 92.2 cm³/mol. The van der Waals surface area contributed by atoms with E-state index < -0.39 is 35.3 Å². The fourth-order valence-electron chi connectivity index (χ4n) is 2.56. The number of nitrogens with zero attached hydrogens (tertiary/aromatic N) is 2. The summed E-state index contributed by atoms with van der Waals surface area (Å²) in [5, 5.41) is 8.46.